The average molecular weight is 258 g/mol. The second kappa shape index (κ2) is 6.88. The zero-order chi connectivity index (χ0) is 13.6. The number of hydrogen-bond donors (Lipinski definition) is 0. The van der Waals surface area contributed by atoms with E-state index in [-0.39, 0.29) is 0 Å². The van der Waals surface area contributed by atoms with E-state index in [4.69, 9.17) is 0 Å². The Morgan fingerprint density at radius 2 is 1.84 bits per heavy atom. The largest absolute Gasteiger partial charge is 0.303 e. The molecule has 0 bridgehead atoms. The van der Waals surface area contributed by atoms with Crippen LogP contribution in [0.25, 0.3) is 0 Å². The molecule has 1 nitrogen and oxygen atoms in total. The Bertz CT molecular complexity index is 385. The van der Waals surface area contributed by atoms with E-state index in [9.17, 15) is 4.79 Å². The van der Waals surface area contributed by atoms with Gasteiger partial charge in [-0.05, 0) is 48.6 Å². The molecule has 0 saturated heterocycles. The van der Waals surface area contributed by atoms with Crippen molar-refractivity contribution in [3.63, 3.8) is 0 Å². The lowest BCUT2D eigenvalue weighted by Crippen LogP contribution is -2.22. The molecule has 0 radical (unpaired) electrons. The van der Waals surface area contributed by atoms with Crippen LogP contribution in [0.3, 0.4) is 0 Å². The first-order valence-electron chi connectivity index (χ1n) is 7.84. The molecule has 0 aliphatic heterocycles. The van der Waals surface area contributed by atoms with Crippen LogP contribution in [0.1, 0.15) is 69.4 Å². The van der Waals surface area contributed by atoms with Gasteiger partial charge in [0, 0.05) is 6.42 Å². The van der Waals surface area contributed by atoms with Gasteiger partial charge in [0.2, 0.25) is 0 Å². The summed E-state index contributed by atoms with van der Waals surface area (Å²) < 4.78 is 0. The van der Waals surface area contributed by atoms with Gasteiger partial charge < -0.3 is 4.79 Å². The normalized spacial score (nSPS) is 17.5. The number of benzene rings is 1. The number of aryl methyl sites for hydroxylation is 1. The lowest BCUT2D eigenvalue weighted by molar-refractivity contribution is -0.108. The molecule has 0 atom stereocenters. The zero-order valence-electron chi connectivity index (χ0n) is 12.2. The first kappa shape index (κ1) is 14.3. The summed E-state index contributed by atoms with van der Waals surface area (Å²) in [6.45, 7) is 2.23. The van der Waals surface area contributed by atoms with E-state index in [1.165, 1.54) is 56.1 Å². The van der Waals surface area contributed by atoms with Gasteiger partial charge in [-0.1, -0.05) is 50.5 Å². The molecular formula is C18H26O. The molecule has 0 spiro atoms. The summed E-state index contributed by atoms with van der Waals surface area (Å²) in [5.41, 5.74) is 3.33. The molecule has 0 aromatic heterocycles. The van der Waals surface area contributed by atoms with Gasteiger partial charge in [0.1, 0.15) is 6.29 Å². The fraction of sp³-hybridized carbons (Fsp3) is 0.611. The minimum atomic E-state index is 0.369. The van der Waals surface area contributed by atoms with Gasteiger partial charge in [-0.15, -0.1) is 0 Å². The summed E-state index contributed by atoms with van der Waals surface area (Å²) >= 11 is 0. The lowest BCUT2D eigenvalue weighted by Gasteiger charge is -2.30. The van der Waals surface area contributed by atoms with Crippen LogP contribution in [0.4, 0.5) is 0 Å². The van der Waals surface area contributed by atoms with Crippen LogP contribution < -0.4 is 0 Å². The highest BCUT2D eigenvalue weighted by Crippen LogP contribution is 2.44. The molecule has 19 heavy (non-hydrogen) atoms. The number of rotatable bonds is 7. The Morgan fingerprint density at radius 3 is 2.42 bits per heavy atom. The molecule has 1 aliphatic rings. The van der Waals surface area contributed by atoms with E-state index in [1.54, 1.807) is 0 Å². The fourth-order valence-corrected chi connectivity index (χ4v) is 3.57. The van der Waals surface area contributed by atoms with Crippen LogP contribution in [0.15, 0.2) is 24.3 Å². The molecule has 104 valence electrons. The van der Waals surface area contributed by atoms with Crippen molar-refractivity contribution < 1.29 is 4.79 Å². The molecular weight excluding hydrogens is 232 g/mol. The molecule has 1 aromatic carbocycles. The number of unbranched alkanes of at least 4 members (excludes halogenated alkanes) is 1. The Hall–Kier alpha value is -1.11. The third kappa shape index (κ3) is 3.46. The lowest BCUT2D eigenvalue weighted by atomic mass is 9.75. The molecule has 1 heteroatoms. The van der Waals surface area contributed by atoms with Crippen molar-refractivity contribution in [3.8, 4) is 0 Å². The highest BCUT2D eigenvalue weighted by Gasteiger charge is 2.34. The first-order valence-corrected chi connectivity index (χ1v) is 7.84. The molecule has 1 aliphatic carbocycles. The second-order valence-electron chi connectivity index (χ2n) is 5.99. The molecule has 0 unspecified atom stereocenters. The standard InChI is InChI=1S/C18H26O/c1-2-7-16-8-10-17(11-9-16)18(12-3-4-13-18)14-5-6-15-19/h8-11,15H,2-7,12-14H2,1H3. The van der Waals surface area contributed by atoms with E-state index < -0.39 is 0 Å². The Morgan fingerprint density at radius 1 is 1.16 bits per heavy atom. The Labute approximate surface area is 117 Å². The van der Waals surface area contributed by atoms with Gasteiger partial charge in [0.15, 0.2) is 0 Å². The van der Waals surface area contributed by atoms with E-state index in [2.05, 4.69) is 31.2 Å². The quantitative estimate of drug-likeness (QED) is 0.506. The molecule has 1 fully saturated rings. The van der Waals surface area contributed by atoms with Crippen molar-refractivity contribution in [2.24, 2.45) is 0 Å². The van der Waals surface area contributed by atoms with Gasteiger partial charge in [0.25, 0.3) is 0 Å². The number of hydrogen-bond acceptors (Lipinski definition) is 1. The predicted molar refractivity (Wildman–Crippen MR) is 80.5 cm³/mol. The summed E-state index contributed by atoms with van der Waals surface area (Å²) in [6, 6.07) is 9.30. The topological polar surface area (TPSA) is 17.1 Å². The maximum atomic E-state index is 10.5. The van der Waals surface area contributed by atoms with E-state index in [0.29, 0.717) is 5.41 Å². The molecule has 0 amide bonds. The fourth-order valence-electron chi connectivity index (χ4n) is 3.57. The van der Waals surface area contributed by atoms with Gasteiger partial charge in [-0.2, -0.15) is 0 Å². The molecule has 2 rings (SSSR count). The Balaban J connectivity index is 2.11. The van der Waals surface area contributed by atoms with Crippen molar-refractivity contribution in [1.82, 2.24) is 0 Å². The Kier molecular flexibility index (Phi) is 5.18. The number of carbonyl (C=O) groups excluding carboxylic acids is 1. The van der Waals surface area contributed by atoms with Crippen LogP contribution in [0.5, 0.6) is 0 Å². The van der Waals surface area contributed by atoms with Crippen LogP contribution in [-0.2, 0) is 16.6 Å². The van der Waals surface area contributed by atoms with E-state index >= 15 is 0 Å². The maximum Gasteiger partial charge on any atom is 0.119 e. The van der Waals surface area contributed by atoms with Gasteiger partial charge in [-0.25, -0.2) is 0 Å². The smallest absolute Gasteiger partial charge is 0.119 e. The first-order chi connectivity index (χ1) is 9.30. The third-order valence-corrected chi connectivity index (χ3v) is 4.64. The zero-order valence-corrected chi connectivity index (χ0v) is 12.2. The molecule has 0 N–H and O–H groups in total. The molecule has 1 aromatic rings. The molecule has 1 saturated carbocycles. The van der Waals surface area contributed by atoms with Crippen molar-refractivity contribution in [2.75, 3.05) is 0 Å². The average Bonchev–Trinajstić information content (AvgIpc) is 2.90. The van der Waals surface area contributed by atoms with Crippen LogP contribution in [0.2, 0.25) is 0 Å². The van der Waals surface area contributed by atoms with E-state index in [1.807, 2.05) is 0 Å². The summed E-state index contributed by atoms with van der Waals surface area (Å²) in [5.74, 6) is 0. The van der Waals surface area contributed by atoms with E-state index in [0.717, 1.165) is 19.1 Å². The van der Waals surface area contributed by atoms with Crippen LogP contribution in [-0.4, -0.2) is 6.29 Å². The third-order valence-electron chi connectivity index (χ3n) is 4.64. The van der Waals surface area contributed by atoms with Crippen molar-refractivity contribution in [1.29, 1.82) is 0 Å². The molecule has 0 heterocycles. The van der Waals surface area contributed by atoms with Crippen molar-refractivity contribution in [3.05, 3.63) is 35.4 Å². The van der Waals surface area contributed by atoms with Crippen molar-refractivity contribution in [2.45, 2.75) is 70.1 Å². The SMILES string of the molecule is CCCc1ccc(C2(CCCC=O)CCCC2)cc1. The minimum Gasteiger partial charge on any atom is -0.303 e. The monoisotopic (exact) mass is 258 g/mol. The summed E-state index contributed by atoms with van der Waals surface area (Å²) in [7, 11) is 0. The van der Waals surface area contributed by atoms with Gasteiger partial charge in [-0.3, -0.25) is 0 Å². The summed E-state index contributed by atoms with van der Waals surface area (Å²) in [5, 5.41) is 0. The number of carbonyl (C=O) groups is 1. The highest BCUT2D eigenvalue weighted by molar-refractivity contribution is 5.49. The van der Waals surface area contributed by atoms with Gasteiger partial charge >= 0.3 is 0 Å². The van der Waals surface area contributed by atoms with Gasteiger partial charge in [0.05, 0.1) is 0 Å². The number of aldehydes is 1. The van der Waals surface area contributed by atoms with Crippen molar-refractivity contribution >= 4 is 6.29 Å². The summed E-state index contributed by atoms with van der Waals surface area (Å²) in [6.07, 6.45) is 11.7. The van der Waals surface area contributed by atoms with Crippen LogP contribution in [0, 0.1) is 0 Å². The maximum absolute atomic E-state index is 10.5. The minimum absolute atomic E-state index is 0.369. The second-order valence-corrected chi connectivity index (χ2v) is 5.99. The summed E-state index contributed by atoms with van der Waals surface area (Å²) in [4.78, 5) is 10.5. The highest BCUT2D eigenvalue weighted by atomic mass is 16.1. The predicted octanol–water partition coefficient (Wildman–Crippen LogP) is 4.82. The van der Waals surface area contributed by atoms with Crippen LogP contribution >= 0.6 is 0 Å².